The molecule has 0 aliphatic carbocycles. The maximum Gasteiger partial charge on any atom is 0.255 e. The fraction of sp³-hybridized carbons (Fsp3) is 0.188. The van der Waals surface area contributed by atoms with Gasteiger partial charge in [-0.3, -0.25) is 4.79 Å². The van der Waals surface area contributed by atoms with Gasteiger partial charge < -0.3 is 15.2 Å². The Morgan fingerprint density at radius 2 is 2.05 bits per heavy atom. The molecule has 0 spiro atoms. The minimum absolute atomic E-state index is 0.221. The number of nitrogens with one attached hydrogen (secondary N) is 1. The van der Waals surface area contributed by atoms with E-state index in [4.69, 9.17) is 4.74 Å². The zero-order chi connectivity index (χ0) is 15.4. The van der Waals surface area contributed by atoms with Gasteiger partial charge in [0.25, 0.3) is 5.91 Å². The van der Waals surface area contributed by atoms with Gasteiger partial charge in [0.05, 0.1) is 17.7 Å². The minimum atomic E-state index is -0.572. The Labute approximate surface area is 131 Å². The predicted molar refractivity (Wildman–Crippen MR) is 85.7 cm³/mol. The van der Waals surface area contributed by atoms with E-state index in [1.165, 1.54) is 0 Å². The quantitative estimate of drug-likeness (QED) is 0.883. The summed E-state index contributed by atoms with van der Waals surface area (Å²) in [5, 5.41) is 12.4. The third-order valence-electron chi connectivity index (χ3n) is 3.04. The van der Waals surface area contributed by atoms with Gasteiger partial charge in [-0.05, 0) is 58.7 Å². The van der Waals surface area contributed by atoms with E-state index in [0.29, 0.717) is 17.0 Å². The van der Waals surface area contributed by atoms with Gasteiger partial charge in [-0.15, -0.1) is 0 Å². The SMILES string of the molecule is COc1ccc(C(=O)Nc2cccc([C@@H](C)O)c2)cc1Br. The Balaban J connectivity index is 2.18. The Kier molecular flexibility index (Phi) is 4.98. The summed E-state index contributed by atoms with van der Waals surface area (Å²) in [6.45, 7) is 1.68. The molecular formula is C16H16BrNO3. The van der Waals surface area contributed by atoms with Crippen molar-refractivity contribution in [1.29, 1.82) is 0 Å². The van der Waals surface area contributed by atoms with E-state index in [1.807, 2.05) is 6.07 Å². The van der Waals surface area contributed by atoms with Crippen LogP contribution in [0.5, 0.6) is 5.75 Å². The van der Waals surface area contributed by atoms with E-state index in [9.17, 15) is 9.90 Å². The fourth-order valence-electron chi connectivity index (χ4n) is 1.89. The molecule has 2 aromatic rings. The molecular weight excluding hydrogens is 334 g/mol. The molecule has 0 aromatic heterocycles. The van der Waals surface area contributed by atoms with Crippen LogP contribution in [0.2, 0.25) is 0 Å². The number of benzene rings is 2. The second kappa shape index (κ2) is 6.74. The first kappa shape index (κ1) is 15.5. The normalized spacial score (nSPS) is 11.8. The molecule has 1 atom stereocenters. The second-order valence-corrected chi connectivity index (χ2v) is 5.46. The number of aliphatic hydroxyl groups excluding tert-OH is 1. The highest BCUT2D eigenvalue weighted by Gasteiger charge is 2.10. The van der Waals surface area contributed by atoms with Crippen LogP contribution in [0.25, 0.3) is 0 Å². The number of hydrogen-bond donors (Lipinski definition) is 2. The smallest absolute Gasteiger partial charge is 0.255 e. The van der Waals surface area contributed by atoms with E-state index in [-0.39, 0.29) is 5.91 Å². The van der Waals surface area contributed by atoms with Crippen LogP contribution in [0.4, 0.5) is 5.69 Å². The summed E-state index contributed by atoms with van der Waals surface area (Å²) in [6.07, 6.45) is -0.572. The monoisotopic (exact) mass is 349 g/mol. The predicted octanol–water partition coefficient (Wildman–Crippen LogP) is 3.76. The van der Waals surface area contributed by atoms with Crippen molar-refractivity contribution in [1.82, 2.24) is 0 Å². The number of amides is 1. The van der Waals surface area contributed by atoms with Gasteiger partial charge in [0.2, 0.25) is 0 Å². The highest BCUT2D eigenvalue weighted by molar-refractivity contribution is 9.10. The van der Waals surface area contributed by atoms with E-state index in [2.05, 4.69) is 21.2 Å². The molecule has 0 saturated carbocycles. The lowest BCUT2D eigenvalue weighted by molar-refractivity contribution is 0.102. The first-order valence-corrected chi connectivity index (χ1v) is 7.23. The third-order valence-corrected chi connectivity index (χ3v) is 3.66. The summed E-state index contributed by atoms with van der Waals surface area (Å²) < 4.78 is 5.85. The molecule has 1 amide bonds. The Morgan fingerprint density at radius 1 is 1.29 bits per heavy atom. The maximum absolute atomic E-state index is 12.2. The summed E-state index contributed by atoms with van der Waals surface area (Å²) in [5.41, 5.74) is 1.92. The van der Waals surface area contributed by atoms with E-state index >= 15 is 0 Å². The average Bonchev–Trinajstić information content (AvgIpc) is 2.47. The molecule has 0 aliphatic heterocycles. The van der Waals surface area contributed by atoms with Gasteiger partial charge in [0, 0.05) is 11.3 Å². The zero-order valence-electron chi connectivity index (χ0n) is 11.8. The first-order chi connectivity index (χ1) is 10.0. The van der Waals surface area contributed by atoms with Crippen molar-refractivity contribution in [3.63, 3.8) is 0 Å². The van der Waals surface area contributed by atoms with Crippen LogP contribution >= 0.6 is 15.9 Å². The largest absolute Gasteiger partial charge is 0.496 e. The Hall–Kier alpha value is -1.85. The van der Waals surface area contributed by atoms with Crippen LogP contribution in [-0.2, 0) is 0 Å². The van der Waals surface area contributed by atoms with Crippen LogP contribution in [0.15, 0.2) is 46.9 Å². The molecule has 5 heteroatoms. The summed E-state index contributed by atoms with van der Waals surface area (Å²) in [7, 11) is 1.57. The van der Waals surface area contributed by atoms with Gasteiger partial charge in [0.1, 0.15) is 5.75 Å². The first-order valence-electron chi connectivity index (χ1n) is 6.44. The summed E-state index contributed by atoms with van der Waals surface area (Å²) in [5.74, 6) is 0.448. The number of methoxy groups -OCH3 is 1. The minimum Gasteiger partial charge on any atom is -0.496 e. The average molecular weight is 350 g/mol. The highest BCUT2D eigenvalue weighted by Crippen LogP contribution is 2.26. The molecule has 0 unspecified atom stereocenters. The van der Waals surface area contributed by atoms with Gasteiger partial charge in [-0.2, -0.15) is 0 Å². The molecule has 0 fully saturated rings. The van der Waals surface area contributed by atoms with Crippen molar-refractivity contribution in [3.05, 3.63) is 58.1 Å². The number of halogens is 1. The van der Waals surface area contributed by atoms with Crippen molar-refractivity contribution in [2.24, 2.45) is 0 Å². The lowest BCUT2D eigenvalue weighted by atomic mass is 10.1. The van der Waals surface area contributed by atoms with E-state index in [1.54, 1.807) is 50.4 Å². The molecule has 110 valence electrons. The van der Waals surface area contributed by atoms with Gasteiger partial charge in [-0.1, -0.05) is 12.1 Å². The van der Waals surface area contributed by atoms with Crippen LogP contribution in [0, 0.1) is 0 Å². The van der Waals surface area contributed by atoms with Crippen LogP contribution in [0.3, 0.4) is 0 Å². The van der Waals surface area contributed by atoms with Crippen molar-refractivity contribution >= 4 is 27.5 Å². The fourth-order valence-corrected chi connectivity index (χ4v) is 2.43. The van der Waals surface area contributed by atoms with Gasteiger partial charge in [0.15, 0.2) is 0 Å². The highest BCUT2D eigenvalue weighted by atomic mass is 79.9. The molecule has 0 bridgehead atoms. The molecule has 2 aromatic carbocycles. The van der Waals surface area contributed by atoms with Crippen molar-refractivity contribution in [2.45, 2.75) is 13.0 Å². The number of carbonyl (C=O) groups excluding carboxylic acids is 1. The van der Waals surface area contributed by atoms with E-state index in [0.717, 1.165) is 10.0 Å². The topological polar surface area (TPSA) is 58.6 Å². The second-order valence-electron chi connectivity index (χ2n) is 4.60. The Morgan fingerprint density at radius 3 is 2.67 bits per heavy atom. The number of ether oxygens (including phenoxy) is 1. The zero-order valence-corrected chi connectivity index (χ0v) is 13.3. The molecule has 0 saturated heterocycles. The van der Waals surface area contributed by atoms with Crippen molar-refractivity contribution in [2.75, 3.05) is 12.4 Å². The maximum atomic E-state index is 12.2. The number of aliphatic hydroxyl groups is 1. The number of anilines is 1. The number of hydrogen-bond acceptors (Lipinski definition) is 3. The molecule has 21 heavy (non-hydrogen) atoms. The summed E-state index contributed by atoms with van der Waals surface area (Å²) in [4.78, 5) is 12.2. The van der Waals surface area contributed by atoms with Crippen LogP contribution < -0.4 is 10.1 Å². The van der Waals surface area contributed by atoms with Crippen LogP contribution in [-0.4, -0.2) is 18.1 Å². The van der Waals surface area contributed by atoms with Crippen LogP contribution in [0.1, 0.15) is 28.9 Å². The van der Waals surface area contributed by atoms with Gasteiger partial charge in [-0.25, -0.2) is 0 Å². The van der Waals surface area contributed by atoms with Crippen molar-refractivity contribution in [3.8, 4) is 5.75 Å². The molecule has 0 heterocycles. The molecule has 0 radical (unpaired) electrons. The standard InChI is InChI=1S/C16H16BrNO3/c1-10(19)11-4-3-5-13(8-11)18-16(20)12-6-7-15(21-2)14(17)9-12/h3-10,19H,1-2H3,(H,18,20)/t10-/m1/s1. The molecule has 4 nitrogen and oxygen atoms in total. The van der Waals surface area contributed by atoms with Crippen molar-refractivity contribution < 1.29 is 14.6 Å². The van der Waals surface area contributed by atoms with Gasteiger partial charge >= 0.3 is 0 Å². The lowest BCUT2D eigenvalue weighted by Crippen LogP contribution is -2.12. The summed E-state index contributed by atoms with van der Waals surface area (Å²) in [6, 6.07) is 12.3. The lowest BCUT2D eigenvalue weighted by Gasteiger charge is -2.10. The molecule has 2 rings (SSSR count). The molecule has 2 N–H and O–H groups in total. The number of rotatable bonds is 4. The third kappa shape index (κ3) is 3.83. The number of carbonyl (C=O) groups is 1. The molecule has 0 aliphatic rings. The summed E-state index contributed by atoms with van der Waals surface area (Å²) >= 11 is 3.35. The Bertz CT molecular complexity index is 656. The van der Waals surface area contributed by atoms with E-state index < -0.39 is 6.10 Å².